The van der Waals surface area contributed by atoms with E-state index >= 15 is 0 Å². The topological polar surface area (TPSA) is 79.0 Å². The van der Waals surface area contributed by atoms with Crippen molar-refractivity contribution in [2.75, 3.05) is 17.7 Å². The molecule has 0 saturated carbocycles. The van der Waals surface area contributed by atoms with Crippen molar-refractivity contribution in [1.82, 2.24) is 10.2 Å². The molecule has 0 saturated heterocycles. The molecule has 0 unspecified atom stereocenters. The zero-order valence-electron chi connectivity index (χ0n) is 15.8. The Balaban J connectivity index is 1.45. The molecule has 0 aliphatic heterocycles. The van der Waals surface area contributed by atoms with Crippen LogP contribution in [0, 0.1) is 0 Å². The van der Waals surface area contributed by atoms with Crippen molar-refractivity contribution in [1.29, 1.82) is 0 Å². The number of aromatic amines is 1. The van der Waals surface area contributed by atoms with Gasteiger partial charge in [-0.2, -0.15) is 5.10 Å². The molecule has 0 aliphatic rings. The van der Waals surface area contributed by atoms with Crippen LogP contribution in [0.15, 0.2) is 72.8 Å². The Morgan fingerprint density at radius 1 is 0.931 bits per heavy atom. The summed E-state index contributed by atoms with van der Waals surface area (Å²) >= 11 is 0. The largest absolute Gasteiger partial charge is 0.497 e. The number of hydrogen-bond donors (Lipinski definition) is 3. The minimum absolute atomic E-state index is 0.321. The standard InChI is InChI=1S/C23H20N4O2/c1-29-19-11-8-17(9-12-19)24-23(28)25-18-10-13-20-21(26-27-22(20)15-18)14-7-16-5-3-2-4-6-16/h2-15H,1H3,(H,26,27)(H2,24,25,28)/b14-7+. The number of urea groups is 1. The predicted octanol–water partition coefficient (Wildman–Crippen LogP) is 5.39. The Hall–Kier alpha value is -4.06. The molecular formula is C23H20N4O2. The van der Waals surface area contributed by atoms with Crippen LogP contribution in [-0.4, -0.2) is 23.3 Å². The fraction of sp³-hybridized carbons (Fsp3) is 0.0435. The number of nitrogens with one attached hydrogen (secondary N) is 3. The molecular weight excluding hydrogens is 364 g/mol. The lowest BCUT2D eigenvalue weighted by Gasteiger charge is -2.08. The Morgan fingerprint density at radius 3 is 2.41 bits per heavy atom. The molecule has 4 aromatic rings. The molecule has 6 nitrogen and oxygen atoms in total. The number of anilines is 2. The average Bonchev–Trinajstić information content (AvgIpc) is 3.15. The van der Waals surface area contributed by atoms with Crippen molar-refractivity contribution >= 4 is 40.5 Å². The van der Waals surface area contributed by atoms with Crippen LogP contribution in [-0.2, 0) is 0 Å². The van der Waals surface area contributed by atoms with Gasteiger partial charge in [0.1, 0.15) is 5.75 Å². The summed E-state index contributed by atoms with van der Waals surface area (Å²) < 4.78 is 5.11. The normalized spacial score (nSPS) is 10.9. The van der Waals surface area contributed by atoms with Gasteiger partial charge in [-0.25, -0.2) is 4.79 Å². The van der Waals surface area contributed by atoms with Crippen molar-refractivity contribution < 1.29 is 9.53 Å². The highest BCUT2D eigenvalue weighted by Crippen LogP contribution is 2.22. The first-order valence-electron chi connectivity index (χ1n) is 9.14. The van der Waals surface area contributed by atoms with Gasteiger partial charge in [0.15, 0.2) is 0 Å². The number of benzene rings is 3. The zero-order valence-corrected chi connectivity index (χ0v) is 15.8. The molecule has 6 heteroatoms. The van der Waals surface area contributed by atoms with Gasteiger partial charge in [0.25, 0.3) is 0 Å². The summed E-state index contributed by atoms with van der Waals surface area (Å²) in [6.07, 6.45) is 3.99. The molecule has 0 bridgehead atoms. The fourth-order valence-electron chi connectivity index (χ4n) is 2.95. The lowest BCUT2D eigenvalue weighted by molar-refractivity contribution is 0.262. The van der Waals surface area contributed by atoms with Crippen LogP contribution in [0.25, 0.3) is 23.1 Å². The predicted molar refractivity (Wildman–Crippen MR) is 117 cm³/mol. The monoisotopic (exact) mass is 384 g/mol. The molecule has 3 aromatic carbocycles. The van der Waals surface area contributed by atoms with Crippen LogP contribution in [0.2, 0.25) is 0 Å². The number of H-pyrrole nitrogens is 1. The number of ether oxygens (including phenoxy) is 1. The third-order valence-corrected chi connectivity index (χ3v) is 4.43. The van der Waals surface area contributed by atoms with Gasteiger partial charge < -0.3 is 15.4 Å². The summed E-state index contributed by atoms with van der Waals surface area (Å²) in [4.78, 5) is 12.2. The van der Waals surface area contributed by atoms with E-state index in [9.17, 15) is 4.79 Å². The Morgan fingerprint density at radius 2 is 1.66 bits per heavy atom. The third kappa shape index (κ3) is 4.44. The van der Waals surface area contributed by atoms with Crippen molar-refractivity contribution in [3.8, 4) is 5.75 Å². The molecule has 29 heavy (non-hydrogen) atoms. The highest BCUT2D eigenvalue weighted by atomic mass is 16.5. The van der Waals surface area contributed by atoms with E-state index in [1.807, 2.05) is 60.7 Å². The van der Waals surface area contributed by atoms with E-state index in [4.69, 9.17) is 4.74 Å². The average molecular weight is 384 g/mol. The van der Waals surface area contributed by atoms with Gasteiger partial charge in [-0.1, -0.05) is 36.4 Å². The minimum Gasteiger partial charge on any atom is -0.497 e. The smallest absolute Gasteiger partial charge is 0.323 e. The van der Waals surface area contributed by atoms with Crippen LogP contribution < -0.4 is 15.4 Å². The summed E-state index contributed by atoms with van der Waals surface area (Å²) in [7, 11) is 1.60. The summed E-state index contributed by atoms with van der Waals surface area (Å²) in [5, 5.41) is 14.0. The number of fused-ring (bicyclic) bond motifs is 1. The Kier molecular flexibility index (Phi) is 5.25. The molecule has 0 spiro atoms. The summed E-state index contributed by atoms with van der Waals surface area (Å²) in [5.74, 6) is 0.734. The highest BCUT2D eigenvalue weighted by Gasteiger charge is 2.07. The van der Waals surface area contributed by atoms with E-state index in [0.29, 0.717) is 11.4 Å². The number of amides is 2. The van der Waals surface area contributed by atoms with E-state index in [0.717, 1.165) is 27.9 Å². The van der Waals surface area contributed by atoms with Gasteiger partial charge in [0.2, 0.25) is 0 Å². The minimum atomic E-state index is -0.321. The van der Waals surface area contributed by atoms with Gasteiger partial charge in [-0.05, 0) is 54.1 Å². The molecule has 144 valence electrons. The molecule has 1 aromatic heterocycles. The molecule has 0 radical (unpaired) electrons. The molecule has 3 N–H and O–H groups in total. The molecule has 0 fully saturated rings. The number of carbonyl (C=O) groups is 1. The number of nitrogens with zero attached hydrogens (tertiary/aromatic N) is 1. The fourth-order valence-corrected chi connectivity index (χ4v) is 2.95. The van der Waals surface area contributed by atoms with Crippen molar-refractivity contribution in [2.45, 2.75) is 0 Å². The van der Waals surface area contributed by atoms with Gasteiger partial charge >= 0.3 is 6.03 Å². The number of hydrogen-bond acceptors (Lipinski definition) is 3. The lowest BCUT2D eigenvalue weighted by Crippen LogP contribution is -2.19. The van der Waals surface area contributed by atoms with E-state index in [2.05, 4.69) is 20.8 Å². The van der Waals surface area contributed by atoms with Crippen LogP contribution in [0.5, 0.6) is 5.75 Å². The van der Waals surface area contributed by atoms with E-state index in [1.165, 1.54) is 0 Å². The molecule has 0 aliphatic carbocycles. The molecule has 0 atom stereocenters. The first-order valence-corrected chi connectivity index (χ1v) is 9.14. The number of aromatic nitrogens is 2. The van der Waals surface area contributed by atoms with Crippen LogP contribution in [0.1, 0.15) is 11.3 Å². The second-order valence-corrected chi connectivity index (χ2v) is 6.42. The van der Waals surface area contributed by atoms with Crippen LogP contribution in [0.4, 0.5) is 16.2 Å². The van der Waals surface area contributed by atoms with Gasteiger partial charge in [0.05, 0.1) is 18.3 Å². The SMILES string of the molecule is COc1ccc(NC(=O)Nc2ccc3c(/C=C/c4ccccc4)n[nH]c3c2)cc1. The van der Waals surface area contributed by atoms with E-state index in [1.54, 1.807) is 31.4 Å². The first-order chi connectivity index (χ1) is 14.2. The molecule has 2 amide bonds. The van der Waals surface area contributed by atoms with Gasteiger partial charge in [-0.15, -0.1) is 0 Å². The maximum Gasteiger partial charge on any atom is 0.323 e. The van der Waals surface area contributed by atoms with Crippen molar-refractivity contribution in [2.24, 2.45) is 0 Å². The quantitative estimate of drug-likeness (QED) is 0.432. The number of rotatable bonds is 5. The number of carbonyl (C=O) groups excluding carboxylic acids is 1. The second-order valence-electron chi connectivity index (χ2n) is 6.42. The maximum absolute atomic E-state index is 12.2. The summed E-state index contributed by atoms with van der Waals surface area (Å²) in [6.45, 7) is 0. The number of methoxy groups -OCH3 is 1. The lowest BCUT2D eigenvalue weighted by atomic mass is 10.1. The van der Waals surface area contributed by atoms with Crippen molar-refractivity contribution in [3.63, 3.8) is 0 Å². The first kappa shape index (κ1) is 18.3. The van der Waals surface area contributed by atoms with Gasteiger partial charge in [-0.3, -0.25) is 5.10 Å². The summed E-state index contributed by atoms with van der Waals surface area (Å²) in [6, 6.07) is 22.5. The zero-order chi connectivity index (χ0) is 20.1. The Labute approximate surface area is 168 Å². The molecule has 4 rings (SSSR count). The van der Waals surface area contributed by atoms with E-state index < -0.39 is 0 Å². The van der Waals surface area contributed by atoms with Crippen LogP contribution in [0.3, 0.4) is 0 Å². The van der Waals surface area contributed by atoms with Crippen LogP contribution >= 0.6 is 0 Å². The Bertz CT molecular complexity index is 1150. The van der Waals surface area contributed by atoms with Crippen molar-refractivity contribution in [3.05, 3.63) is 84.1 Å². The third-order valence-electron chi connectivity index (χ3n) is 4.43. The van der Waals surface area contributed by atoms with E-state index in [-0.39, 0.29) is 6.03 Å². The molecule has 1 heterocycles. The second kappa shape index (κ2) is 8.31. The summed E-state index contributed by atoms with van der Waals surface area (Å²) in [5.41, 5.74) is 4.15. The van der Waals surface area contributed by atoms with Gasteiger partial charge in [0, 0.05) is 16.8 Å². The maximum atomic E-state index is 12.2. The highest BCUT2D eigenvalue weighted by molar-refractivity contribution is 6.01.